The van der Waals surface area contributed by atoms with Gasteiger partial charge in [-0.1, -0.05) is 22.0 Å². The predicted molar refractivity (Wildman–Crippen MR) is 129 cm³/mol. The summed E-state index contributed by atoms with van der Waals surface area (Å²) in [4.78, 5) is 25.9. The molecule has 166 valence electrons. The highest BCUT2D eigenvalue weighted by molar-refractivity contribution is 9.10. The lowest BCUT2D eigenvalue weighted by atomic mass is 10.1. The lowest BCUT2D eigenvalue weighted by Crippen LogP contribution is -2.28. The van der Waals surface area contributed by atoms with Gasteiger partial charge in [-0.05, 0) is 42.1 Å². The minimum atomic E-state index is -0.437. The first-order valence-corrected chi connectivity index (χ1v) is 11.7. The molecule has 0 bridgehead atoms. The molecule has 3 aromatic rings. The van der Waals surface area contributed by atoms with Crippen molar-refractivity contribution in [2.45, 2.75) is 19.5 Å². The SMILES string of the molecule is COCCCNC(=O)Cn1cc(/C=C(\C#N)C(=O)NCc2cccs2)c2cc(Br)ccc21. The van der Waals surface area contributed by atoms with E-state index in [0.717, 1.165) is 26.7 Å². The van der Waals surface area contributed by atoms with Gasteiger partial charge in [0.2, 0.25) is 5.91 Å². The monoisotopic (exact) mass is 514 g/mol. The van der Waals surface area contributed by atoms with Crippen molar-refractivity contribution in [3.63, 3.8) is 0 Å². The second-order valence-electron chi connectivity index (χ2n) is 7.00. The molecule has 0 aliphatic rings. The van der Waals surface area contributed by atoms with Crippen LogP contribution in [-0.2, 0) is 27.4 Å². The highest BCUT2D eigenvalue weighted by atomic mass is 79.9. The molecule has 32 heavy (non-hydrogen) atoms. The highest BCUT2D eigenvalue weighted by Crippen LogP contribution is 2.27. The Hall–Kier alpha value is -2.93. The molecule has 7 nitrogen and oxygen atoms in total. The molecule has 0 aliphatic heterocycles. The van der Waals surface area contributed by atoms with E-state index in [1.807, 2.05) is 46.3 Å². The molecule has 1 aromatic carbocycles. The first-order valence-electron chi connectivity index (χ1n) is 9.98. The molecule has 9 heteroatoms. The van der Waals surface area contributed by atoms with Gasteiger partial charge < -0.3 is 19.9 Å². The lowest BCUT2D eigenvalue weighted by Gasteiger charge is -2.07. The Balaban J connectivity index is 1.81. The zero-order chi connectivity index (χ0) is 22.9. The van der Waals surface area contributed by atoms with Crippen LogP contribution in [0.3, 0.4) is 0 Å². The minimum Gasteiger partial charge on any atom is -0.385 e. The highest BCUT2D eigenvalue weighted by Gasteiger charge is 2.14. The minimum absolute atomic E-state index is 0.00426. The van der Waals surface area contributed by atoms with Crippen molar-refractivity contribution < 1.29 is 14.3 Å². The zero-order valence-corrected chi connectivity index (χ0v) is 20.0. The first kappa shape index (κ1) is 23.7. The first-order chi connectivity index (χ1) is 15.5. The molecule has 3 rings (SSSR count). The van der Waals surface area contributed by atoms with Crippen LogP contribution in [0.25, 0.3) is 17.0 Å². The molecule has 0 unspecified atom stereocenters. The van der Waals surface area contributed by atoms with Crippen LogP contribution in [0, 0.1) is 11.3 Å². The molecular weight excluding hydrogens is 492 g/mol. The molecule has 0 fully saturated rings. The fraction of sp³-hybridized carbons (Fsp3) is 0.261. The molecular formula is C23H23BrN4O3S. The number of methoxy groups -OCH3 is 1. The van der Waals surface area contributed by atoms with E-state index >= 15 is 0 Å². The number of rotatable bonds is 10. The van der Waals surface area contributed by atoms with E-state index in [-0.39, 0.29) is 18.0 Å². The second-order valence-corrected chi connectivity index (χ2v) is 8.95. The van der Waals surface area contributed by atoms with Crippen LogP contribution in [-0.4, -0.2) is 36.6 Å². The normalized spacial score (nSPS) is 11.3. The third kappa shape index (κ3) is 6.29. The predicted octanol–water partition coefficient (Wildman–Crippen LogP) is 3.84. The summed E-state index contributed by atoms with van der Waals surface area (Å²) in [7, 11) is 1.62. The number of halogens is 1. The Morgan fingerprint density at radius 1 is 1.31 bits per heavy atom. The van der Waals surface area contributed by atoms with Gasteiger partial charge in [0.25, 0.3) is 5.91 Å². The Bertz CT molecular complexity index is 1160. The molecule has 2 aromatic heterocycles. The van der Waals surface area contributed by atoms with Crippen LogP contribution >= 0.6 is 27.3 Å². The number of ether oxygens (including phenoxy) is 1. The van der Waals surface area contributed by atoms with Crippen molar-refractivity contribution in [2.75, 3.05) is 20.3 Å². The Kier molecular flexibility index (Phi) is 8.62. The van der Waals surface area contributed by atoms with Crippen molar-refractivity contribution in [3.05, 3.63) is 62.4 Å². The van der Waals surface area contributed by atoms with Crippen molar-refractivity contribution in [1.29, 1.82) is 5.26 Å². The molecule has 2 heterocycles. The number of carbonyl (C=O) groups excluding carboxylic acids is 2. The summed E-state index contributed by atoms with van der Waals surface area (Å²) in [5.41, 5.74) is 1.53. The van der Waals surface area contributed by atoms with E-state index in [9.17, 15) is 14.9 Å². The van der Waals surface area contributed by atoms with E-state index in [4.69, 9.17) is 4.74 Å². The zero-order valence-electron chi connectivity index (χ0n) is 17.6. The number of nitriles is 1. The number of aromatic nitrogens is 1. The fourth-order valence-corrected chi connectivity index (χ4v) is 4.18. The maximum atomic E-state index is 12.5. The summed E-state index contributed by atoms with van der Waals surface area (Å²) in [6.45, 7) is 1.62. The average Bonchev–Trinajstić information content (AvgIpc) is 3.41. The maximum absolute atomic E-state index is 12.5. The van der Waals surface area contributed by atoms with Crippen molar-refractivity contribution in [2.24, 2.45) is 0 Å². The Morgan fingerprint density at radius 2 is 2.16 bits per heavy atom. The summed E-state index contributed by atoms with van der Waals surface area (Å²) >= 11 is 5.01. The van der Waals surface area contributed by atoms with Gasteiger partial charge in [-0.15, -0.1) is 11.3 Å². The summed E-state index contributed by atoms with van der Waals surface area (Å²) < 4.78 is 7.67. The molecule has 0 aliphatic carbocycles. The molecule has 2 N–H and O–H groups in total. The number of nitrogens with one attached hydrogen (secondary N) is 2. The number of benzene rings is 1. The van der Waals surface area contributed by atoms with E-state index < -0.39 is 5.91 Å². The number of hydrogen-bond acceptors (Lipinski definition) is 5. The van der Waals surface area contributed by atoms with Gasteiger partial charge in [-0.3, -0.25) is 9.59 Å². The number of nitrogens with zero attached hydrogens (tertiary/aromatic N) is 2. The van der Waals surface area contributed by atoms with Gasteiger partial charge in [0.1, 0.15) is 18.2 Å². The van der Waals surface area contributed by atoms with Gasteiger partial charge in [-0.25, -0.2) is 0 Å². The van der Waals surface area contributed by atoms with E-state index in [2.05, 4.69) is 26.6 Å². The molecule has 0 radical (unpaired) electrons. The maximum Gasteiger partial charge on any atom is 0.262 e. The standard InChI is InChI=1S/C23H23BrN4O3S/c1-31-8-3-7-26-22(29)15-28-14-17(20-11-18(24)5-6-21(20)28)10-16(12-25)23(30)27-13-19-4-2-9-32-19/h2,4-6,9-11,14H,3,7-8,13,15H2,1H3,(H,26,29)(H,27,30)/b16-10+. The summed E-state index contributed by atoms with van der Waals surface area (Å²) in [6.07, 6.45) is 4.09. The quantitative estimate of drug-likeness (QED) is 0.244. The van der Waals surface area contributed by atoms with Crippen LogP contribution < -0.4 is 10.6 Å². The number of hydrogen-bond donors (Lipinski definition) is 2. The van der Waals surface area contributed by atoms with Crippen LogP contribution in [0.1, 0.15) is 16.9 Å². The van der Waals surface area contributed by atoms with Gasteiger partial charge in [0.05, 0.1) is 6.54 Å². The van der Waals surface area contributed by atoms with Gasteiger partial charge in [0, 0.05) is 52.3 Å². The number of thiophene rings is 1. The van der Waals surface area contributed by atoms with E-state index in [0.29, 0.717) is 25.3 Å². The summed E-state index contributed by atoms with van der Waals surface area (Å²) in [5.74, 6) is -0.557. The van der Waals surface area contributed by atoms with Gasteiger partial charge in [-0.2, -0.15) is 5.26 Å². The fourth-order valence-electron chi connectivity index (χ4n) is 3.18. The number of amides is 2. The number of carbonyl (C=O) groups is 2. The van der Waals surface area contributed by atoms with Crippen LogP contribution in [0.2, 0.25) is 0 Å². The second kappa shape index (κ2) is 11.6. The van der Waals surface area contributed by atoms with E-state index in [1.165, 1.54) is 11.3 Å². The van der Waals surface area contributed by atoms with Gasteiger partial charge >= 0.3 is 0 Å². The smallest absolute Gasteiger partial charge is 0.262 e. The molecule has 0 saturated carbocycles. The summed E-state index contributed by atoms with van der Waals surface area (Å²) in [5, 5.41) is 18.0. The van der Waals surface area contributed by atoms with Crippen molar-refractivity contribution in [3.8, 4) is 6.07 Å². The van der Waals surface area contributed by atoms with Crippen molar-refractivity contribution >= 4 is 56.1 Å². The third-order valence-corrected chi connectivity index (χ3v) is 6.07. The average molecular weight is 515 g/mol. The van der Waals surface area contributed by atoms with E-state index in [1.54, 1.807) is 19.4 Å². The molecule has 0 saturated heterocycles. The van der Waals surface area contributed by atoms with Crippen LogP contribution in [0.4, 0.5) is 0 Å². The third-order valence-electron chi connectivity index (χ3n) is 4.70. The van der Waals surface area contributed by atoms with Crippen LogP contribution in [0.15, 0.2) is 52.0 Å². The Labute approximate surface area is 198 Å². The Morgan fingerprint density at radius 3 is 2.88 bits per heavy atom. The molecule has 2 amide bonds. The largest absolute Gasteiger partial charge is 0.385 e. The molecule has 0 spiro atoms. The lowest BCUT2D eigenvalue weighted by molar-refractivity contribution is -0.121. The number of fused-ring (bicyclic) bond motifs is 1. The van der Waals surface area contributed by atoms with Gasteiger partial charge in [0.15, 0.2) is 0 Å². The summed E-state index contributed by atoms with van der Waals surface area (Å²) in [6, 6.07) is 11.5. The molecule has 0 atom stereocenters. The topological polar surface area (TPSA) is 96.2 Å². The van der Waals surface area contributed by atoms with Crippen LogP contribution in [0.5, 0.6) is 0 Å². The van der Waals surface area contributed by atoms with Crippen molar-refractivity contribution in [1.82, 2.24) is 15.2 Å².